The van der Waals surface area contributed by atoms with Crippen molar-refractivity contribution in [2.45, 2.75) is 13.5 Å². The number of amides is 1. The molecule has 4 rings (SSSR count). The van der Waals surface area contributed by atoms with Crippen LogP contribution in [0.1, 0.15) is 16.2 Å². The molecule has 0 saturated carbocycles. The van der Waals surface area contributed by atoms with Gasteiger partial charge in [0, 0.05) is 6.07 Å². The minimum Gasteiger partial charge on any atom is -0.491 e. The largest absolute Gasteiger partial charge is 0.491 e. The lowest BCUT2D eigenvalue weighted by molar-refractivity contribution is 0.0996. The molecule has 3 N–H and O–H groups in total. The van der Waals surface area contributed by atoms with Crippen LogP contribution in [0.3, 0.4) is 0 Å². The van der Waals surface area contributed by atoms with Gasteiger partial charge in [0.05, 0.1) is 33.7 Å². The summed E-state index contributed by atoms with van der Waals surface area (Å²) in [5, 5.41) is 7.00. The fourth-order valence-corrected chi connectivity index (χ4v) is 3.28. The number of nitrogens with two attached hydrogens (primary N) is 1. The lowest BCUT2D eigenvalue weighted by atomic mass is 10.2. The number of aromatic amines is 1. The Morgan fingerprint density at radius 2 is 2.24 bits per heavy atom. The van der Waals surface area contributed by atoms with Crippen molar-refractivity contribution in [1.82, 2.24) is 19.7 Å². The Bertz CT molecular complexity index is 1010. The highest BCUT2D eigenvalue weighted by molar-refractivity contribution is 9.10. The molecule has 7 nitrogen and oxygen atoms in total. The van der Waals surface area contributed by atoms with Crippen molar-refractivity contribution < 1.29 is 13.9 Å². The van der Waals surface area contributed by atoms with Gasteiger partial charge in [0.1, 0.15) is 24.0 Å². The number of nitrogens with zero attached hydrogens (tertiary/aromatic N) is 3. The smallest absolute Gasteiger partial charge is 0.269 e. The van der Waals surface area contributed by atoms with E-state index >= 15 is 0 Å². The van der Waals surface area contributed by atoms with Gasteiger partial charge in [-0.1, -0.05) is 0 Å². The van der Waals surface area contributed by atoms with E-state index < -0.39 is 11.7 Å². The van der Waals surface area contributed by atoms with E-state index in [1.807, 2.05) is 17.6 Å². The molecule has 9 heteroatoms. The van der Waals surface area contributed by atoms with Gasteiger partial charge in [0.2, 0.25) is 0 Å². The predicted octanol–water partition coefficient (Wildman–Crippen LogP) is 2.64. The van der Waals surface area contributed by atoms with Crippen molar-refractivity contribution in [3.05, 3.63) is 39.9 Å². The van der Waals surface area contributed by atoms with E-state index in [0.29, 0.717) is 41.7 Å². The van der Waals surface area contributed by atoms with Gasteiger partial charge in [0.25, 0.3) is 5.91 Å². The number of carbonyl (C=O) groups is 1. The molecule has 0 fully saturated rings. The van der Waals surface area contributed by atoms with E-state index in [1.165, 1.54) is 6.07 Å². The normalized spacial score (nSPS) is 12.9. The molecular weight excluding hydrogens is 393 g/mol. The number of primary amides is 1. The topological polar surface area (TPSA) is 98.8 Å². The van der Waals surface area contributed by atoms with Crippen LogP contribution >= 0.6 is 15.9 Å². The van der Waals surface area contributed by atoms with Gasteiger partial charge >= 0.3 is 0 Å². The zero-order chi connectivity index (χ0) is 17.7. The number of hydrogen-bond acceptors (Lipinski definition) is 4. The van der Waals surface area contributed by atoms with Crippen LogP contribution in [0.5, 0.6) is 5.75 Å². The molecule has 0 spiro atoms. The second kappa shape index (κ2) is 5.69. The molecule has 1 aliphatic heterocycles. The van der Waals surface area contributed by atoms with E-state index in [2.05, 4.69) is 31.1 Å². The first-order valence-electron chi connectivity index (χ1n) is 7.50. The van der Waals surface area contributed by atoms with Crippen molar-refractivity contribution in [3.63, 3.8) is 0 Å². The molecule has 0 unspecified atom stereocenters. The van der Waals surface area contributed by atoms with Crippen LogP contribution in [0.2, 0.25) is 0 Å². The van der Waals surface area contributed by atoms with Crippen LogP contribution in [0.4, 0.5) is 4.39 Å². The third kappa shape index (κ3) is 2.51. The SMILES string of the molecule is Cc1cc(-c2c(C(N)=O)nc3n2CCOc2cc(F)c(Br)cc2-3)[nH]n1. The minimum atomic E-state index is -0.647. The Labute approximate surface area is 150 Å². The molecule has 3 heterocycles. The molecule has 1 aromatic carbocycles. The molecule has 1 aliphatic rings. The molecular formula is C16H13BrFN5O2. The highest BCUT2D eigenvalue weighted by Crippen LogP contribution is 2.38. The van der Waals surface area contributed by atoms with Crippen LogP contribution < -0.4 is 10.5 Å². The second-order valence-electron chi connectivity index (χ2n) is 5.68. The predicted molar refractivity (Wildman–Crippen MR) is 91.7 cm³/mol. The number of aromatic nitrogens is 4. The summed E-state index contributed by atoms with van der Waals surface area (Å²) < 4.78 is 21.6. The van der Waals surface area contributed by atoms with E-state index in [1.54, 1.807) is 6.07 Å². The van der Waals surface area contributed by atoms with Crippen LogP contribution in [-0.4, -0.2) is 32.3 Å². The maximum atomic E-state index is 13.9. The number of halogens is 2. The number of aryl methyl sites for hydroxylation is 1. The van der Waals surface area contributed by atoms with Crippen LogP contribution in [-0.2, 0) is 6.54 Å². The lowest BCUT2D eigenvalue weighted by Gasteiger charge is -2.07. The molecule has 0 aliphatic carbocycles. The van der Waals surface area contributed by atoms with Gasteiger partial charge in [-0.3, -0.25) is 9.89 Å². The summed E-state index contributed by atoms with van der Waals surface area (Å²) in [7, 11) is 0. The monoisotopic (exact) mass is 405 g/mol. The number of H-pyrrole nitrogens is 1. The number of hydrogen-bond donors (Lipinski definition) is 2. The van der Waals surface area contributed by atoms with Crippen LogP contribution in [0.15, 0.2) is 22.7 Å². The molecule has 2 aromatic heterocycles. The third-order valence-corrected chi connectivity index (χ3v) is 4.61. The van der Waals surface area contributed by atoms with Crippen molar-refractivity contribution in [2.24, 2.45) is 5.73 Å². The van der Waals surface area contributed by atoms with E-state index in [0.717, 1.165) is 5.69 Å². The minimum absolute atomic E-state index is 0.131. The van der Waals surface area contributed by atoms with Gasteiger partial charge in [0.15, 0.2) is 5.69 Å². The number of carbonyl (C=O) groups excluding carboxylic acids is 1. The Hall–Kier alpha value is -2.68. The average Bonchev–Trinajstić information content (AvgIpc) is 3.10. The fraction of sp³-hybridized carbons (Fsp3) is 0.188. The molecule has 0 saturated heterocycles. The summed E-state index contributed by atoms with van der Waals surface area (Å²) in [6.07, 6.45) is 0. The Morgan fingerprint density at radius 3 is 2.92 bits per heavy atom. The molecule has 128 valence electrons. The summed E-state index contributed by atoms with van der Waals surface area (Å²) in [5.41, 5.74) is 8.19. The number of imidazole rings is 1. The molecule has 1 amide bonds. The van der Waals surface area contributed by atoms with Crippen molar-refractivity contribution in [3.8, 4) is 28.5 Å². The van der Waals surface area contributed by atoms with Crippen LogP contribution in [0, 0.1) is 12.7 Å². The first-order valence-corrected chi connectivity index (χ1v) is 8.30. The van der Waals surface area contributed by atoms with Gasteiger partial charge in [-0.05, 0) is 35.0 Å². The number of fused-ring (bicyclic) bond motifs is 3. The second-order valence-corrected chi connectivity index (χ2v) is 6.54. The summed E-state index contributed by atoms with van der Waals surface area (Å²) in [4.78, 5) is 16.4. The molecule has 0 atom stereocenters. The summed E-state index contributed by atoms with van der Waals surface area (Å²) in [5.74, 6) is -0.221. The highest BCUT2D eigenvalue weighted by atomic mass is 79.9. The highest BCUT2D eigenvalue weighted by Gasteiger charge is 2.28. The number of ether oxygens (including phenoxy) is 1. The Morgan fingerprint density at radius 1 is 1.44 bits per heavy atom. The molecule has 3 aromatic rings. The standard InChI is InChI=1S/C16H13BrFN5O2/c1-7-4-11(22-21-7)14-13(15(19)24)20-16-8-5-9(17)10(18)6-12(8)25-3-2-23(14)16/h4-6H,2-3H2,1H3,(H2,19,24)(H,21,22). The molecule has 0 radical (unpaired) electrons. The van der Waals surface area contributed by atoms with Crippen molar-refractivity contribution in [1.29, 1.82) is 0 Å². The number of nitrogens with one attached hydrogen (secondary N) is 1. The van der Waals surface area contributed by atoms with Crippen molar-refractivity contribution >= 4 is 21.8 Å². The molecule has 25 heavy (non-hydrogen) atoms. The number of benzene rings is 1. The summed E-state index contributed by atoms with van der Waals surface area (Å²) >= 11 is 3.18. The zero-order valence-corrected chi connectivity index (χ0v) is 14.7. The first kappa shape index (κ1) is 15.8. The van der Waals surface area contributed by atoms with Gasteiger partial charge < -0.3 is 15.0 Å². The maximum Gasteiger partial charge on any atom is 0.269 e. The van der Waals surface area contributed by atoms with Gasteiger partial charge in [-0.15, -0.1) is 0 Å². The third-order valence-electron chi connectivity index (χ3n) is 4.00. The van der Waals surface area contributed by atoms with E-state index in [9.17, 15) is 9.18 Å². The lowest BCUT2D eigenvalue weighted by Crippen LogP contribution is -2.14. The summed E-state index contributed by atoms with van der Waals surface area (Å²) in [6, 6.07) is 4.69. The van der Waals surface area contributed by atoms with Gasteiger partial charge in [-0.25, -0.2) is 9.37 Å². The van der Waals surface area contributed by atoms with E-state index in [-0.39, 0.29) is 10.2 Å². The summed E-state index contributed by atoms with van der Waals surface area (Å²) in [6.45, 7) is 2.56. The Kier molecular flexibility index (Phi) is 3.60. The Balaban J connectivity index is 2.02. The van der Waals surface area contributed by atoms with Crippen molar-refractivity contribution in [2.75, 3.05) is 6.61 Å². The fourth-order valence-electron chi connectivity index (χ4n) is 2.93. The van der Waals surface area contributed by atoms with E-state index in [4.69, 9.17) is 10.5 Å². The maximum absolute atomic E-state index is 13.9. The van der Waals surface area contributed by atoms with Crippen LogP contribution in [0.25, 0.3) is 22.8 Å². The quantitative estimate of drug-likeness (QED) is 0.684. The zero-order valence-electron chi connectivity index (χ0n) is 13.1. The van der Waals surface area contributed by atoms with Gasteiger partial charge in [-0.2, -0.15) is 5.10 Å². The molecule has 0 bridgehead atoms. The average molecular weight is 406 g/mol. The number of rotatable bonds is 2. The first-order chi connectivity index (χ1) is 12.0.